The maximum atomic E-state index is 5.81. The Kier molecular flexibility index (Phi) is 3.92. The Bertz CT molecular complexity index is 419. The number of benzene rings is 1. The molecule has 3 rings (SSSR count). The molecule has 0 bridgehead atoms. The van der Waals surface area contributed by atoms with Crippen molar-refractivity contribution >= 4 is 5.69 Å². The minimum atomic E-state index is 0.643. The van der Waals surface area contributed by atoms with Gasteiger partial charge >= 0.3 is 0 Å². The van der Waals surface area contributed by atoms with Crippen LogP contribution in [0.1, 0.15) is 32.6 Å². The molecule has 3 nitrogen and oxygen atoms in total. The van der Waals surface area contributed by atoms with Crippen LogP contribution in [-0.2, 0) is 0 Å². The van der Waals surface area contributed by atoms with Crippen LogP contribution in [0, 0.1) is 0 Å². The van der Waals surface area contributed by atoms with Gasteiger partial charge in [-0.25, -0.2) is 0 Å². The fourth-order valence-electron chi connectivity index (χ4n) is 3.53. The highest BCUT2D eigenvalue weighted by molar-refractivity contribution is 5.59. The van der Waals surface area contributed by atoms with Crippen LogP contribution >= 0.6 is 0 Å². The molecule has 1 N–H and O–H groups in total. The summed E-state index contributed by atoms with van der Waals surface area (Å²) in [6.45, 7) is 4.96. The predicted molar refractivity (Wildman–Crippen MR) is 79.0 cm³/mol. The second kappa shape index (κ2) is 5.83. The number of nitrogens with one attached hydrogen (secondary N) is 1. The lowest BCUT2D eigenvalue weighted by Gasteiger charge is -2.46. The summed E-state index contributed by atoms with van der Waals surface area (Å²) < 4.78 is 5.81. The molecule has 1 heterocycles. The molecule has 1 aromatic carbocycles. The lowest BCUT2D eigenvalue weighted by atomic mass is 9.87. The summed E-state index contributed by atoms with van der Waals surface area (Å²) in [5, 5.41) is 3.69. The molecular formula is C16H24N2O. The van der Waals surface area contributed by atoms with E-state index in [0.29, 0.717) is 12.1 Å². The average molecular weight is 260 g/mol. The van der Waals surface area contributed by atoms with Crippen molar-refractivity contribution < 1.29 is 4.74 Å². The number of piperazine rings is 1. The second-order valence-electron chi connectivity index (χ2n) is 5.51. The maximum absolute atomic E-state index is 5.81. The van der Waals surface area contributed by atoms with Gasteiger partial charge in [-0.1, -0.05) is 25.0 Å². The maximum Gasteiger partial charge on any atom is 0.142 e. The van der Waals surface area contributed by atoms with E-state index >= 15 is 0 Å². The molecule has 104 valence electrons. The predicted octanol–water partition coefficient (Wildman–Crippen LogP) is 2.81. The topological polar surface area (TPSA) is 24.5 Å². The van der Waals surface area contributed by atoms with Gasteiger partial charge in [0.05, 0.1) is 12.3 Å². The Balaban J connectivity index is 1.87. The van der Waals surface area contributed by atoms with E-state index in [1.54, 1.807) is 0 Å². The van der Waals surface area contributed by atoms with Crippen LogP contribution in [0.25, 0.3) is 0 Å². The van der Waals surface area contributed by atoms with E-state index in [1.165, 1.54) is 31.4 Å². The normalized spacial score (nSPS) is 26.9. The number of fused-ring (bicyclic) bond motifs is 1. The van der Waals surface area contributed by atoms with E-state index in [-0.39, 0.29) is 0 Å². The highest BCUT2D eigenvalue weighted by atomic mass is 16.5. The Morgan fingerprint density at radius 2 is 2.11 bits per heavy atom. The lowest BCUT2D eigenvalue weighted by Crippen LogP contribution is -2.59. The Morgan fingerprint density at radius 3 is 3.00 bits per heavy atom. The van der Waals surface area contributed by atoms with Crippen molar-refractivity contribution in [1.82, 2.24) is 5.32 Å². The molecule has 0 unspecified atom stereocenters. The summed E-state index contributed by atoms with van der Waals surface area (Å²) in [6, 6.07) is 9.80. The number of hydrogen-bond donors (Lipinski definition) is 1. The third-order valence-corrected chi connectivity index (χ3v) is 4.36. The molecule has 0 amide bonds. The van der Waals surface area contributed by atoms with Gasteiger partial charge in [0, 0.05) is 25.2 Å². The van der Waals surface area contributed by atoms with Crippen molar-refractivity contribution in [2.45, 2.75) is 44.7 Å². The highest BCUT2D eigenvalue weighted by Crippen LogP contribution is 2.35. The molecule has 2 aliphatic rings. The van der Waals surface area contributed by atoms with Crippen molar-refractivity contribution in [3.63, 3.8) is 0 Å². The van der Waals surface area contributed by atoms with E-state index in [9.17, 15) is 0 Å². The molecule has 2 fully saturated rings. The SMILES string of the molecule is CCOc1ccccc1N1CCN[C@@H]2CCCC[C@@H]21. The van der Waals surface area contributed by atoms with Crippen LogP contribution in [-0.4, -0.2) is 31.8 Å². The van der Waals surface area contributed by atoms with Crippen molar-refractivity contribution in [2.75, 3.05) is 24.6 Å². The smallest absolute Gasteiger partial charge is 0.142 e. The summed E-state index contributed by atoms with van der Waals surface area (Å²) in [5.41, 5.74) is 1.28. The summed E-state index contributed by atoms with van der Waals surface area (Å²) in [4.78, 5) is 2.57. The largest absolute Gasteiger partial charge is 0.492 e. The van der Waals surface area contributed by atoms with Gasteiger partial charge in [0.25, 0.3) is 0 Å². The number of para-hydroxylation sites is 2. The van der Waals surface area contributed by atoms with Crippen LogP contribution in [0.3, 0.4) is 0 Å². The standard InChI is InChI=1S/C16H24N2O/c1-2-19-16-10-6-5-9-15(16)18-12-11-17-13-7-3-4-8-14(13)18/h5-6,9-10,13-14,17H,2-4,7-8,11-12H2,1H3/t13-,14+/m1/s1. The van der Waals surface area contributed by atoms with Gasteiger partial charge in [-0.05, 0) is 31.9 Å². The first-order valence-electron chi connectivity index (χ1n) is 7.62. The minimum Gasteiger partial charge on any atom is -0.492 e. The van der Waals surface area contributed by atoms with Gasteiger partial charge in [-0.15, -0.1) is 0 Å². The first kappa shape index (κ1) is 12.8. The molecule has 1 aliphatic heterocycles. The van der Waals surface area contributed by atoms with Crippen LogP contribution in [0.5, 0.6) is 5.75 Å². The molecule has 1 saturated carbocycles. The summed E-state index contributed by atoms with van der Waals surface area (Å²) in [6.07, 6.45) is 5.35. The van der Waals surface area contributed by atoms with Crippen LogP contribution < -0.4 is 15.0 Å². The van der Waals surface area contributed by atoms with Crippen molar-refractivity contribution in [1.29, 1.82) is 0 Å². The van der Waals surface area contributed by atoms with Crippen molar-refractivity contribution in [3.05, 3.63) is 24.3 Å². The zero-order valence-electron chi connectivity index (χ0n) is 11.8. The number of rotatable bonds is 3. The van der Waals surface area contributed by atoms with Gasteiger partial charge in [-0.3, -0.25) is 0 Å². The van der Waals surface area contributed by atoms with Crippen LogP contribution in [0.15, 0.2) is 24.3 Å². The van der Waals surface area contributed by atoms with Gasteiger partial charge < -0.3 is 15.0 Å². The molecule has 0 aromatic heterocycles. The molecule has 1 aliphatic carbocycles. The Morgan fingerprint density at radius 1 is 1.26 bits per heavy atom. The zero-order valence-corrected chi connectivity index (χ0v) is 11.8. The van der Waals surface area contributed by atoms with Gasteiger partial charge in [0.1, 0.15) is 5.75 Å². The number of hydrogen-bond acceptors (Lipinski definition) is 3. The van der Waals surface area contributed by atoms with E-state index in [2.05, 4.69) is 41.4 Å². The molecule has 2 atom stereocenters. The molecule has 1 saturated heterocycles. The number of anilines is 1. The monoisotopic (exact) mass is 260 g/mol. The van der Waals surface area contributed by atoms with Gasteiger partial charge in [-0.2, -0.15) is 0 Å². The van der Waals surface area contributed by atoms with E-state index in [4.69, 9.17) is 4.74 Å². The van der Waals surface area contributed by atoms with Crippen molar-refractivity contribution in [3.8, 4) is 5.75 Å². The van der Waals surface area contributed by atoms with Crippen LogP contribution in [0.2, 0.25) is 0 Å². The fraction of sp³-hybridized carbons (Fsp3) is 0.625. The van der Waals surface area contributed by atoms with E-state index in [1.807, 2.05) is 0 Å². The third kappa shape index (κ3) is 2.57. The second-order valence-corrected chi connectivity index (χ2v) is 5.51. The van der Waals surface area contributed by atoms with Gasteiger partial charge in [0.2, 0.25) is 0 Å². The number of nitrogens with zero attached hydrogens (tertiary/aromatic N) is 1. The summed E-state index contributed by atoms with van der Waals surface area (Å²) >= 11 is 0. The zero-order chi connectivity index (χ0) is 13.1. The molecule has 3 heteroatoms. The molecule has 1 aromatic rings. The summed E-state index contributed by atoms with van der Waals surface area (Å²) in [7, 11) is 0. The lowest BCUT2D eigenvalue weighted by molar-refractivity contribution is 0.280. The first-order valence-corrected chi connectivity index (χ1v) is 7.62. The Labute approximate surface area is 115 Å². The molecule has 19 heavy (non-hydrogen) atoms. The fourth-order valence-corrected chi connectivity index (χ4v) is 3.53. The quantitative estimate of drug-likeness (QED) is 0.904. The summed E-state index contributed by atoms with van der Waals surface area (Å²) in [5.74, 6) is 1.04. The first-order chi connectivity index (χ1) is 9.40. The average Bonchev–Trinajstić information content (AvgIpc) is 2.48. The Hall–Kier alpha value is -1.22. The third-order valence-electron chi connectivity index (χ3n) is 4.36. The van der Waals surface area contributed by atoms with E-state index < -0.39 is 0 Å². The van der Waals surface area contributed by atoms with Gasteiger partial charge in [0.15, 0.2) is 0 Å². The van der Waals surface area contributed by atoms with Crippen LogP contribution in [0.4, 0.5) is 5.69 Å². The minimum absolute atomic E-state index is 0.643. The molecular weight excluding hydrogens is 236 g/mol. The van der Waals surface area contributed by atoms with E-state index in [0.717, 1.165) is 25.4 Å². The molecule has 0 radical (unpaired) electrons. The number of ether oxygens (including phenoxy) is 1. The molecule has 0 spiro atoms. The van der Waals surface area contributed by atoms with Crippen molar-refractivity contribution in [2.24, 2.45) is 0 Å². The highest BCUT2D eigenvalue weighted by Gasteiger charge is 2.34.